The number of piperazine rings is 1. The van der Waals surface area contributed by atoms with Crippen molar-refractivity contribution in [3.63, 3.8) is 0 Å². The number of hydrogen-bond donors (Lipinski definition) is 2. The van der Waals surface area contributed by atoms with Crippen LogP contribution < -0.4 is 10.2 Å². The third-order valence-corrected chi connectivity index (χ3v) is 6.92. The molecule has 0 aromatic heterocycles. The molecule has 1 aliphatic rings. The van der Waals surface area contributed by atoms with Crippen molar-refractivity contribution in [3.8, 4) is 0 Å². The van der Waals surface area contributed by atoms with Crippen LogP contribution in [0, 0.1) is 13.8 Å². The molecule has 0 atom stereocenters. The smallest absolute Gasteiger partial charge is 0.279 e. The highest BCUT2D eigenvalue weighted by molar-refractivity contribution is 7.89. The molecule has 3 rings (SSSR count). The molecule has 0 radical (unpaired) electrons. The summed E-state index contributed by atoms with van der Waals surface area (Å²) >= 11 is 0. The van der Waals surface area contributed by atoms with E-state index in [1.54, 1.807) is 30.3 Å². The standard InChI is InChI=1S/C20H25N3O3S/c1-16-8-9-18(14-17(16)2)21-20(24)15-22-10-12-23(13-11-22)27(25,26)19-6-4-3-5-7-19/h3-9,14H,10-13,15H2,1-2H3,(H,21,24)/p+1. The van der Waals surface area contributed by atoms with Crippen LogP contribution in [0.3, 0.4) is 0 Å². The highest BCUT2D eigenvalue weighted by Gasteiger charge is 2.30. The van der Waals surface area contributed by atoms with Crippen molar-refractivity contribution in [2.45, 2.75) is 18.7 Å². The van der Waals surface area contributed by atoms with E-state index in [2.05, 4.69) is 5.32 Å². The van der Waals surface area contributed by atoms with Gasteiger partial charge in [0.1, 0.15) is 0 Å². The van der Waals surface area contributed by atoms with E-state index in [-0.39, 0.29) is 5.91 Å². The summed E-state index contributed by atoms with van der Waals surface area (Å²) in [5.74, 6) is -0.0485. The molecule has 1 amide bonds. The van der Waals surface area contributed by atoms with Gasteiger partial charge in [0, 0.05) is 5.69 Å². The fraction of sp³-hybridized carbons (Fsp3) is 0.350. The fourth-order valence-electron chi connectivity index (χ4n) is 3.21. The molecule has 2 N–H and O–H groups in total. The topological polar surface area (TPSA) is 70.9 Å². The van der Waals surface area contributed by atoms with Gasteiger partial charge in [-0.15, -0.1) is 0 Å². The second kappa shape index (κ2) is 8.21. The first-order chi connectivity index (χ1) is 12.9. The Kier molecular flexibility index (Phi) is 5.94. The molecule has 1 aliphatic heterocycles. The first-order valence-corrected chi connectivity index (χ1v) is 10.6. The molecule has 0 aliphatic carbocycles. The summed E-state index contributed by atoms with van der Waals surface area (Å²) in [6, 6.07) is 14.3. The molecule has 0 saturated carbocycles. The van der Waals surface area contributed by atoms with Crippen LogP contribution in [0.5, 0.6) is 0 Å². The van der Waals surface area contributed by atoms with Crippen molar-refractivity contribution in [1.29, 1.82) is 0 Å². The summed E-state index contributed by atoms with van der Waals surface area (Å²) in [7, 11) is -3.45. The third kappa shape index (κ3) is 4.74. The van der Waals surface area contributed by atoms with Crippen molar-refractivity contribution < 1.29 is 18.1 Å². The number of carbonyl (C=O) groups is 1. The summed E-state index contributed by atoms with van der Waals surface area (Å²) in [5.41, 5.74) is 3.13. The lowest BCUT2D eigenvalue weighted by Crippen LogP contribution is -3.15. The molecular formula is C20H26N3O3S+. The minimum absolute atomic E-state index is 0.0485. The number of anilines is 1. The average molecular weight is 389 g/mol. The Hall–Kier alpha value is -2.22. The molecular weight excluding hydrogens is 362 g/mol. The van der Waals surface area contributed by atoms with E-state index in [1.165, 1.54) is 9.87 Å². The number of aryl methyl sites for hydroxylation is 2. The second-order valence-corrected chi connectivity index (χ2v) is 8.93. The number of nitrogens with one attached hydrogen (secondary N) is 2. The molecule has 6 nitrogen and oxygen atoms in total. The maximum atomic E-state index is 12.7. The number of carbonyl (C=O) groups excluding carboxylic acids is 1. The van der Waals surface area contributed by atoms with Gasteiger partial charge in [-0.25, -0.2) is 8.42 Å². The van der Waals surface area contributed by atoms with Gasteiger partial charge in [0.2, 0.25) is 10.0 Å². The fourth-order valence-corrected chi connectivity index (χ4v) is 4.68. The molecule has 0 bridgehead atoms. The Bertz CT molecular complexity index is 905. The van der Waals surface area contributed by atoms with Gasteiger partial charge in [-0.3, -0.25) is 4.79 Å². The number of nitrogens with zero attached hydrogens (tertiary/aromatic N) is 1. The van der Waals surface area contributed by atoms with Gasteiger partial charge in [-0.05, 0) is 49.2 Å². The van der Waals surface area contributed by atoms with Gasteiger partial charge in [-0.1, -0.05) is 24.3 Å². The van der Waals surface area contributed by atoms with Gasteiger partial charge in [-0.2, -0.15) is 4.31 Å². The van der Waals surface area contributed by atoms with Crippen molar-refractivity contribution in [1.82, 2.24) is 4.31 Å². The van der Waals surface area contributed by atoms with Crippen LogP contribution >= 0.6 is 0 Å². The van der Waals surface area contributed by atoms with Crippen LogP contribution in [0.1, 0.15) is 11.1 Å². The Balaban J connectivity index is 1.53. The molecule has 2 aromatic carbocycles. The second-order valence-electron chi connectivity index (χ2n) is 6.99. The first-order valence-electron chi connectivity index (χ1n) is 9.12. The minimum Gasteiger partial charge on any atom is -0.325 e. The van der Waals surface area contributed by atoms with E-state index in [9.17, 15) is 13.2 Å². The first kappa shape index (κ1) is 19.5. The molecule has 1 fully saturated rings. The summed E-state index contributed by atoms with van der Waals surface area (Å²) in [5, 5.41) is 2.93. The number of rotatable bonds is 5. The van der Waals surface area contributed by atoms with Gasteiger partial charge < -0.3 is 10.2 Å². The van der Waals surface area contributed by atoms with E-state index in [0.29, 0.717) is 37.6 Å². The largest absolute Gasteiger partial charge is 0.325 e. The predicted molar refractivity (Wildman–Crippen MR) is 105 cm³/mol. The monoisotopic (exact) mass is 388 g/mol. The number of hydrogen-bond acceptors (Lipinski definition) is 3. The highest BCUT2D eigenvalue weighted by atomic mass is 32.2. The summed E-state index contributed by atoms with van der Waals surface area (Å²) in [6.07, 6.45) is 0. The molecule has 27 heavy (non-hydrogen) atoms. The lowest BCUT2D eigenvalue weighted by Gasteiger charge is -2.31. The molecule has 144 valence electrons. The lowest BCUT2D eigenvalue weighted by atomic mass is 10.1. The normalized spacial score (nSPS) is 16.2. The number of benzene rings is 2. The highest BCUT2D eigenvalue weighted by Crippen LogP contribution is 2.15. The lowest BCUT2D eigenvalue weighted by molar-refractivity contribution is -0.895. The molecule has 1 saturated heterocycles. The van der Waals surface area contributed by atoms with Gasteiger partial charge in [0.15, 0.2) is 6.54 Å². The van der Waals surface area contributed by atoms with Gasteiger partial charge in [0.25, 0.3) is 5.91 Å². The van der Waals surface area contributed by atoms with Crippen LogP contribution in [0.2, 0.25) is 0 Å². The number of amides is 1. The Morgan fingerprint density at radius 1 is 1.04 bits per heavy atom. The Labute approximate surface area is 160 Å². The van der Waals surface area contributed by atoms with E-state index in [1.807, 2.05) is 32.0 Å². The minimum atomic E-state index is -3.45. The van der Waals surface area contributed by atoms with Crippen LogP contribution in [-0.2, 0) is 14.8 Å². The summed E-state index contributed by atoms with van der Waals surface area (Å²) in [6.45, 7) is 6.47. The summed E-state index contributed by atoms with van der Waals surface area (Å²) in [4.78, 5) is 13.7. The van der Waals surface area contributed by atoms with Gasteiger partial charge in [0.05, 0.1) is 31.1 Å². The van der Waals surface area contributed by atoms with E-state index < -0.39 is 10.0 Å². The van der Waals surface area contributed by atoms with Crippen LogP contribution in [0.25, 0.3) is 0 Å². The predicted octanol–water partition coefficient (Wildman–Crippen LogP) is 0.831. The average Bonchev–Trinajstić information content (AvgIpc) is 2.66. The SMILES string of the molecule is Cc1ccc(NC(=O)C[NH+]2CCN(S(=O)(=O)c3ccccc3)CC2)cc1C. The Morgan fingerprint density at radius 3 is 2.33 bits per heavy atom. The third-order valence-electron chi connectivity index (χ3n) is 5.01. The van der Waals surface area contributed by atoms with E-state index in [0.717, 1.165) is 16.2 Å². The zero-order valence-corrected chi connectivity index (χ0v) is 16.6. The molecule has 0 spiro atoms. The zero-order chi connectivity index (χ0) is 19.4. The summed E-state index contributed by atoms with van der Waals surface area (Å²) < 4.78 is 26.8. The van der Waals surface area contributed by atoms with Crippen LogP contribution in [0.15, 0.2) is 53.4 Å². The van der Waals surface area contributed by atoms with Gasteiger partial charge >= 0.3 is 0 Å². The number of sulfonamides is 1. The van der Waals surface area contributed by atoms with Crippen molar-refractivity contribution in [2.24, 2.45) is 0 Å². The van der Waals surface area contributed by atoms with Crippen molar-refractivity contribution in [2.75, 3.05) is 38.0 Å². The maximum absolute atomic E-state index is 12.7. The van der Waals surface area contributed by atoms with E-state index >= 15 is 0 Å². The molecule has 1 heterocycles. The quantitative estimate of drug-likeness (QED) is 0.797. The van der Waals surface area contributed by atoms with E-state index in [4.69, 9.17) is 0 Å². The molecule has 7 heteroatoms. The Morgan fingerprint density at radius 2 is 1.70 bits per heavy atom. The van der Waals surface area contributed by atoms with Crippen molar-refractivity contribution in [3.05, 3.63) is 59.7 Å². The molecule has 0 unspecified atom stereocenters. The van der Waals surface area contributed by atoms with Crippen LogP contribution in [-0.4, -0.2) is 51.4 Å². The molecule has 2 aromatic rings. The van der Waals surface area contributed by atoms with Crippen molar-refractivity contribution >= 4 is 21.6 Å². The number of quaternary nitrogens is 1. The zero-order valence-electron chi connectivity index (χ0n) is 15.7. The van der Waals surface area contributed by atoms with Crippen LogP contribution in [0.4, 0.5) is 5.69 Å². The maximum Gasteiger partial charge on any atom is 0.279 e.